The van der Waals surface area contributed by atoms with Gasteiger partial charge in [0.1, 0.15) is 24.4 Å². The molecule has 0 heterocycles. The lowest BCUT2D eigenvalue weighted by atomic mass is 9.44. The van der Waals surface area contributed by atoms with E-state index in [1.165, 1.54) is 12.2 Å². The number of halogens is 1. The van der Waals surface area contributed by atoms with Gasteiger partial charge in [-0.3, -0.25) is 38.4 Å². The maximum absolute atomic E-state index is 17.5. The fourth-order valence-electron chi connectivity index (χ4n) is 16.1. The minimum absolute atomic E-state index is 0.0249. The average Bonchev–Trinajstić information content (AvgIpc) is 3.99. The number of allylic oxidation sites excluding steroid dienone is 8. The maximum atomic E-state index is 17.5. The van der Waals surface area contributed by atoms with Gasteiger partial charge in [-0.05, 0) is 113 Å². The summed E-state index contributed by atoms with van der Waals surface area (Å²) in [6.07, 6.45) is 8.97. The van der Waals surface area contributed by atoms with Crippen LogP contribution >= 0.6 is 0 Å². The van der Waals surface area contributed by atoms with Crippen LogP contribution in [0.3, 0.4) is 0 Å². The van der Waals surface area contributed by atoms with Crippen LogP contribution < -0.4 is 0 Å². The molecule has 5 unspecified atom stereocenters. The van der Waals surface area contributed by atoms with E-state index < -0.39 is 117 Å². The van der Waals surface area contributed by atoms with Crippen molar-refractivity contribution in [3.8, 4) is 0 Å². The van der Waals surface area contributed by atoms with Crippen molar-refractivity contribution in [3.05, 3.63) is 47.6 Å². The van der Waals surface area contributed by atoms with Gasteiger partial charge in [0.15, 0.2) is 30.4 Å². The Kier molecular flexibility index (Phi) is 18.0. The van der Waals surface area contributed by atoms with E-state index in [1.54, 1.807) is 39.0 Å². The van der Waals surface area contributed by atoms with E-state index in [1.807, 2.05) is 13.0 Å². The zero-order valence-electron chi connectivity index (χ0n) is 46.1. The van der Waals surface area contributed by atoms with Crippen LogP contribution in [-0.2, 0) is 71.5 Å². The summed E-state index contributed by atoms with van der Waals surface area (Å²) in [6.45, 7) is 8.25. The monoisotopic (exact) mass is 1110 g/mol. The molecule has 6 fully saturated rings. The van der Waals surface area contributed by atoms with Crippen molar-refractivity contribution in [2.75, 3.05) is 66.1 Å². The van der Waals surface area contributed by atoms with Gasteiger partial charge in [-0.25, -0.2) is 4.39 Å². The molecule has 4 N–H and O–H groups in total. The molecule has 0 spiro atoms. The van der Waals surface area contributed by atoms with E-state index in [0.717, 1.165) is 12.0 Å². The second-order valence-corrected chi connectivity index (χ2v) is 24.2. The molecule has 8 aliphatic rings. The molecule has 0 radical (unpaired) electrons. The molecular weight excluding hydrogens is 1030 g/mol. The number of aliphatic hydroxyl groups is 4. The summed E-state index contributed by atoms with van der Waals surface area (Å²) in [4.78, 5) is 101. The van der Waals surface area contributed by atoms with Crippen molar-refractivity contribution in [1.82, 2.24) is 0 Å². The quantitative estimate of drug-likeness (QED) is 0.0597. The highest BCUT2D eigenvalue weighted by Gasteiger charge is 2.76. The smallest absolute Gasteiger partial charge is 0.306 e. The van der Waals surface area contributed by atoms with E-state index in [4.69, 9.17) is 33.2 Å². The third-order valence-electron chi connectivity index (χ3n) is 20.3. The fourth-order valence-corrected chi connectivity index (χ4v) is 16.1. The molecule has 0 aromatic rings. The Balaban J connectivity index is 0.622. The van der Waals surface area contributed by atoms with Gasteiger partial charge in [-0.1, -0.05) is 51.0 Å². The summed E-state index contributed by atoms with van der Waals surface area (Å²) in [5.41, 5.74) is -8.20. The normalized spacial score (nSPS) is 38.7. The lowest BCUT2D eigenvalue weighted by Crippen LogP contribution is -2.69. The van der Waals surface area contributed by atoms with Crippen LogP contribution in [0.15, 0.2) is 47.6 Å². The van der Waals surface area contributed by atoms with Crippen LogP contribution in [0.4, 0.5) is 4.39 Å². The molecule has 6 saturated carbocycles. The van der Waals surface area contributed by atoms with Gasteiger partial charge in [0.05, 0.1) is 77.5 Å². The van der Waals surface area contributed by atoms with E-state index in [-0.39, 0.29) is 127 Å². The van der Waals surface area contributed by atoms with Gasteiger partial charge >= 0.3 is 23.9 Å². The Morgan fingerprint density at radius 2 is 1.11 bits per heavy atom. The Hall–Kier alpha value is -4.83. The predicted molar refractivity (Wildman–Crippen MR) is 276 cm³/mol. The molecule has 0 aromatic carbocycles. The molecule has 15 atom stereocenters. The van der Waals surface area contributed by atoms with E-state index in [0.29, 0.717) is 37.7 Å². The van der Waals surface area contributed by atoms with Crippen molar-refractivity contribution in [2.24, 2.45) is 57.2 Å². The Morgan fingerprint density at radius 3 is 1.70 bits per heavy atom. The number of ketones is 4. The second-order valence-electron chi connectivity index (χ2n) is 24.2. The number of rotatable bonds is 24. The highest BCUT2D eigenvalue weighted by atomic mass is 19.1. The summed E-state index contributed by atoms with van der Waals surface area (Å²) in [6, 6.07) is 0. The fraction of sp³-hybridized carbons (Fsp3) is 0.729. The molecule has 0 aliphatic heterocycles. The standard InChI is InChI=1S/C59H79FO19/c1-35-28-43-42-9-7-37-30-39(62)15-18-54(37,3)58(42,60)45(64)32-56(43,5)59(35,72)47(66)34-79-51(70)13-11-49(68)77-27-25-75-23-21-73-20-22-74-24-26-76-48(67)10-12-50(69)78-33-46(65)57(71)19-16-41-40-8-6-36-29-38(61)14-17-53(36,2)52(40)44(63)31-55(41,57)4/h14-15,17-18,29-30,35,40-45,52,63-64,71-72H,6-13,16,19-28,31-34H2,1-5H3/t35-,40?,41?,42?,43?,44+,45+,52?,53+,54+,55+,56+,57+,58+,59+/m1/s1. The average molecular weight is 1110 g/mol. The van der Waals surface area contributed by atoms with Crippen LogP contribution in [0.2, 0.25) is 0 Å². The molecule has 0 saturated heterocycles. The Morgan fingerprint density at radius 1 is 0.608 bits per heavy atom. The first-order valence-corrected chi connectivity index (χ1v) is 28.1. The maximum Gasteiger partial charge on any atom is 0.306 e. The van der Waals surface area contributed by atoms with Crippen LogP contribution in [0, 0.1) is 57.2 Å². The van der Waals surface area contributed by atoms with Gasteiger partial charge in [0, 0.05) is 33.5 Å². The van der Waals surface area contributed by atoms with E-state index in [2.05, 4.69) is 6.92 Å². The summed E-state index contributed by atoms with van der Waals surface area (Å²) >= 11 is 0. The summed E-state index contributed by atoms with van der Waals surface area (Å²) in [5.74, 6) is -6.72. The molecule has 20 heteroatoms. The first-order valence-electron chi connectivity index (χ1n) is 28.1. The van der Waals surface area contributed by atoms with Gasteiger partial charge < -0.3 is 53.6 Å². The molecule has 436 valence electrons. The number of aliphatic hydroxyl groups excluding tert-OH is 2. The summed E-state index contributed by atoms with van der Waals surface area (Å²) in [5, 5.41) is 47.2. The molecule has 0 amide bonds. The lowest BCUT2D eigenvalue weighted by molar-refractivity contribution is -0.220. The lowest BCUT2D eigenvalue weighted by Gasteiger charge is -2.62. The number of carbonyl (C=O) groups excluding carboxylic acids is 8. The molecule has 19 nitrogen and oxygen atoms in total. The van der Waals surface area contributed by atoms with Crippen molar-refractivity contribution < 1.29 is 96.3 Å². The molecule has 79 heavy (non-hydrogen) atoms. The first kappa shape index (κ1) is 60.3. The molecule has 0 aromatic heterocycles. The van der Waals surface area contributed by atoms with Crippen LogP contribution in [0.5, 0.6) is 0 Å². The number of carbonyl (C=O) groups is 8. The SMILES string of the molecule is C[C@@H]1CC2C3CCC4=CC(=O)C=C[C@]4(C)[C@@]3(F)[C@@H](O)C[C@]2(C)[C@@]1(O)C(=O)COC(=O)CCC(=O)OCCOCCOCCOCCOC(=O)CCC(=O)OCC(=O)[C@@]1(O)CCC2C3CCC4=CC(=O)C=C[C@]4(C)C3[C@@H](O)C[C@@]21C. The molecule has 8 aliphatic carbocycles. The summed E-state index contributed by atoms with van der Waals surface area (Å²) in [7, 11) is 0. The third-order valence-corrected chi connectivity index (χ3v) is 20.3. The molecular formula is C59H79FO19. The third kappa shape index (κ3) is 10.9. The van der Waals surface area contributed by atoms with Gasteiger partial charge in [-0.15, -0.1) is 0 Å². The predicted octanol–water partition coefficient (Wildman–Crippen LogP) is 4.27. The molecule has 0 bridgehead atoms. The van der Waals surface area contributed by atoms with Gasteiger partial charge in [0.25, 0.3) is 0 Å². The number of hydrogen-bond donors (Lipinski definition) is 4. The Labute approximate surface area is 460 Å². The van der Waals surface area contributed by atoms with Crippen molar-refractivity contribution in [3.63, 3.8) is 0 Å². The Bertz CT molecular complexity index is 2540. The first-order chi connectivity index (χ1) is 37.3. The van der Waals surface area contributed by atoms with Gasteiger partial charge in [-0.2, -0.15) is 0 Å². The molecule has 8 rings (SSSR count). The number of hydrogen-bond acceptors (Lipinski definition) is 19. The minimum atomic E-state index is -2.13. The van der Waals surface area contributed by atoms with Crippen LogP contribution in [0.1, 0.15) is 118 Å². The van der Waals surface area contributed by atoms with Crippen molar-refractivity contribution >= 4 is 47.0 Å². The van der Waals surface area contributed by atoms with Crippen molar-refractivity contribution in [2.45, 2.75) is 147 Å². The number of alkyl halides is 1. The summed E-state index contributed by atoms with van der Waals surface area (Å²) < 4.78 is 54.3. The zero-order chi connectivity index (χ0) is 57.3. The van der Waals surface area contributed by atoms with E-state index >= 15 is 4.39 Å². The number of fused-ring (bicyclic) bond motifs is 10. The van der Waals surface area contributed by atoms with E-state index in [9.17, 15) is 58.8 Å². The highest BCUT2D eigenvalue weighted by Crippen LogP contribution is 2.71. The minimum Gasteiger partial charge on any atom is -0.463 e. The highest BCUT2D eigenvalue weighted by molar-refractivity contribution is 6.02. The second kappa shape index (κ2) is 23.6. The number of esters is 4. The van der Waals surface area contributed by atoms with Crippen LogP contribution in [-0.4, -0.2) is 163 Å². The van der Waals surface area contributed by atoms with Gasteiger partial charge in [0.2, 0.25) is 11.6 Å². The van der Waals surface area contributed by atoms with Crippen LogP contribution in [0.25, 0.3) is 0 Å². The number of ether oxygens (including phenoxy) is 7. The van der Waals surface area contributed by atoms with Crippen molar-refractivity contribution in [1.29, 1.82) is 0 Å². The number of Topliss-reactive ketones (excluding diaryl/α,β-unsaturated/α-hetero) is 2. The largest absolute Gasteiger partial charge is 0.463 e. The zero-order valence-corrected chi connectivity index (χ0v) is 46.1. The topological polar surface area (TPSA) is 282 Å².